The van der Waals surface area contributed by atoms with Crippen LogP contribution in [-0.2, 0) is 19.3 Å². The molecule has 1 unspecified atom stereocenters. The van der Waals surface area contributed by atoms with Gasteiger partial charge in [-0.15, -0.1) is 0 Å². The second-order valence-electron chi connectivity index (χ2n) is 4.81. The molecule has 0 aliphatic heterocycles. The summed E-state index contributed by atoms with van der Waals surface area (Å²) in [6, 6.07) is 8.16. The molecule has 2 rings (SSSR count). The third kappa shape index (κ3) is 4.02. The largest absolute Gasteiger partial charge is 0.392 e. The summed E-state index contributed by atoms with van der Waals surface area (Å²) in [4.78, 5) is 4.31. The smallest absolute Gasteiger partial charge is 0.124 e. The molecule has 0 aliphatic carbocycles. The Morgan fingerprint density at radius 2 is 2.05 bits per heavy atom. The molecule has 0 saturated carbocycles. The van der Waals surface area contributed by atoms with Crippen molar-refractivity contribution in [2.45, 2.75) is 32.3 Å². The molecular weight excluding hydrogens is 277 g/mol. The van der Waals surface area contributed by atoms with Crippen molar-refractivity contribution >= 4 is 11.6 Å². The van der Waals surface area contributed by atoms with Gasteiger partial charge < -0.3 is 5.11 Å². The van der Waals surface area contributed by atoms with Crippen LogP contribution in [-0.4, -0.2) is 16.2 Å². The summed E-state index contributed by atoms with van der Waals surface area (Å²) in [5, 5.41) is 10.4. The molecule has 0 saturated heterocycles. The molecule has 1 atom stereocenters. The summed E-state index contributed by atoms with van der Waals surface area (Å²) < 4.78 is 12.9. The van der Waals surface area contributed by atoms with Crippen molar-refractivity contribution in [2.24, 2.45) is 0 Å². The van der Waals surface area contributed by atoms with Gasteiger partial charge in [-0.3, -0.25) is 4.98 Å². The van der Waals surface area contributed by atoms with Crippen LogP contribution in [0, 0.1) is 5.82 Å². The van der Waals surface area contributed by atoms with Gasteiger partial charge in [0.25, 0.3) is 0 Å². The molecule has 1 aromatic carbocycles. The zero-order valence-corrected chi connectivity index (χ0v) is 12.1. The fourth-order valence-electron chi connectivity index (χ4n) is 2.04. The van der Waals surface area contributed by atoms with Crippen molar-refractivity contribution in [1.82, 2.24) is 4.98 Å². The average Bonchev–Trinajstić information content (AvgIpc) is 2.43. The summed E-state index contributed by atoms with van der Waals surface area (Å²) in [5.74, 6) is -0.370. The third-order valence-corrected chi connectivity index (χ3v) is 3.56. The first-order valence-corrected chi connectivity index (χ1v) is 7.02. The Balaban J connectivity index is 1.99. The van der Waals surface area contributed by atoms with Crippen LogP contribution in [0.3, 0.4) is 0 Å². The van der Waals surface area contributed by atoms with Crippen LogP contribution in [0.5, 0.6) is 0 Å². The first-order chi connectivity index (χ1) is 9.58. The lowest BCUT2D eigenvalue weighted by Crippen LogP contribution is -2.15. The molecule has 0 fully saturated rings. The number of benzene rings is 1. The molecule has 106 valence electrons. The van der Waals surface area contributed by atoms with Crippen LogP contribution in [0.4, 0.5) is 4.39 Å². The predicted molar refractivity (Wildman–Crippen MR) is 78.4 cm³/mol. The number of aryl methyl sites for hydroxylation is 1. The normalized spacial score (nSPS) is 12.4. The maximum absolute atomic E-state index is 12.9. The van der Waals surface area contributed by atoms with E-state index in [1.807, 2.05) is 18.3 Å². The van der Waals surface area contributed by atoms with Crippen LogP contribution in [0.1, 0.15) is 23.7 Å². The van der Waals surface area contributed by atoms with E-state index in [2.05, 4.69) is 11.9 Å². The quantitative estimate of drug-likeness (QED) is 0.914. The topological polar surface area (TPSA) is 33.1 Å². The number of nitrogens with zero attached hydrogens (tertiary/aromatic N) is 1. The Hall–Kier alpha value is -1.45. The monoisotopic (exact) mass is 293 g/mol. The molecule has 0 amide bonds. The van der Waals surface area contributed by atoms with Gasteiger partial charge in [-0.25, -0.2) is 4.39 Å². The first kappa shape index (κ1) is 14.9. The number of aliphatic hydroxyl groups excluding tert-OH is 1. The Morgan fingerprint density at radius 1 is 1.25 bits per heavy atom. The molecule has 0 radical (unpaired) electrons. The molecule has 0 bridgehead atoms. The zero-order valence-electron chi connectivity index (χ0n) is 11.3. The second kappa shape index (κ2) is 6.82. The van der Waals surface area contributed by atoms with Crippen LogP contribution < -0.4 is 0 Å². The van der Waals surface area contributed by atoms with E-state index in [4.69, 9.17) is 11.6 Å². The number of hydrogen-bond donors (Lipinski definition) is 1. The highest BCUT2D eigenvalue weighted by atomic mass is 35.5. The van der Waals surface area contributed by atoms with Crippen molar-refractivity contribution in [3.8, 4) is 0 Å². The SMILES string of the molecule is CCc1ccc(CC(O)Cc2ccc(F)cc2Cl)nc1. The number of aliphatic hydroxyl groups is 1. The molecule has 1 N–H and O–H groups in total. The average molecular weight is 294 g/mol. The van der Waals surface area contributed by atoms with Crippen LogP contribution >= 0.6 is 11.6 Å². The number of pyridine rings is 1. The van der Waals surface area contributed by atoms with Gasteiger partial charge in [0.2, 0.25) is 0 Å². The summed E-state index contributed by atoms with van der Waals surface area (Å²) in [6.07, 6.45) is 3.03. The lowest BCUT2D eigenvalue weighted by Gasteiger charge is -2.11. The van der Waals surface area contributed by atoms with Crippen molar-refractivity contribution in [3.05, 3.63) is 64.2 Å². The first-order valence-electron chi connectivity index (χ1n) is 6.64. The van der Waals surface area contributed by atoms with Gasteiger partial charge in [-0.05, 0) is 35.7 Å². The summed E-state index contributed by atoms with van der Waals surface area (Å²) >= 11 is 5.95. The van der Waals surface area contributed by atoms with Crippen molar-refractivity contribution in [2.75, 3.05) is 0 Å². The van der Waals surface area contributed by atoms with E-state index in [1.54, 1.807) is 6.07 Å². The molecule has 0 spiro atoms. The highest BCUT2D eigenvalue weighted by Crippen LogP contribution is 2.19. The molecule has 1 aromatic heterocycles. The van der Waals surface area contributed by atoms with E-state index < -0.39 is 6.10 Å². The van der Waals surface area contributed by atoms with E-state index in [1.165, 1.54) is 17.7 Å². The van der Waals surface area contributed by atoms with E-state index in [9.17, 15) is 9.50 Å². The summed E-state index contributed by atoms with van der Waals surface area (Å²) in [7, 11) is 0. The highest BCUT2D eigenvalue weighted by molar-refractivity contribution is 6.31. The standard InChI is InChI=1S/C16H17ClFNO/c1-2-11-3-6-14(19-10-11)9-15(20)7-12-4-5-13(18)8-16(12)17/h3-6,8,10,15,20H,2,7,9H2,1H3. The van der Waals surface area contributed by atoms with Crippen molar-refractivity contribution in [3.63, 3.8) is 0 Å². The van der Waals surface area contributed by atoms with Gasteiger partial charge in [0, 0.05) is 29.8 Å². The highest BCUT2D eigenvalue weighted by Gasteiger charge is 2.11. The Bertz CT molecular complexity index is 571. The van der Waals surface area contributed by atoms with Gasteiger partial charge in [-0.1, -0.05) is 30.7 Å². The Morgan fingerprint density at radius 3 is 2.65 bits per heavy atom. The molecule has 20 heavy (non-hydrogen) atoms. The molecular formula is C16H17ClFNO. The van der Waals surface area contributed by atoms with E-state index >= 15 is 0 Å². The lowest BCUT2D eigenvalue weighted by molar-refractivity contribution is 0.174. The summed E-state index contributed by atoms with van der Waals surface area (Å²) in [6.45, 7) is 2.07. The van der Waals surface area contributed by atoms with Crippen molar-refractivity contribution in [1.29, 1.82) is 0 Å². The number of rotatable bonds is 5. The predicted octanol–water partition coefficient (Wildman–Crippen LogP) is 3.58. The van der Waals surface area contributed by atoms with Gasteiger partial charge >= 0.3 is 0 Å². The van der Waals surface area contributed by atoms with Gasteiger partial charge in [-0.2, -0.15) is 0 Å². The zero-order chi connectivity index (χ0) is 14.5. The minimum atomic E-state index is -0.585. The van der Waals surface area contributed by atoms with Crippen LogP contribution in [0.2, 0.25) is 5.02 Å². The van der Waals surface area contributed by atoms with Gasteiger partial charge in [0.1, 0.15) is 5.82 Å². The number of halogens is 2. The Kier molecular flexibility index (Phi) is 5.10. The van der Waals surface area contributed by atoms with Gasteiger partial charge in [0.15, 0.2) is 0 Å². The number of hydrogen-bond acceptors (Lipinski definition) is 2. The molecule has 0 aliphatic rings. The van der Waals surface area contributed by atoms with E-state index in [0.717, 1.165) is 17.7 Å². The van der Waals surface area contributed by atoms with E-state index in [-0.39, 0.29) is 5.82 Å². The lowest BCUT2D eigenvalue weighted by atomic mass is 10.0. The summed E-state index contributed by atoms with van der Waals surface area (Å²) in [5.41, 5.74) is 2.75. The molecule has 1 heterocycles. The molecule has 2 nitrogen and oxygen atoms in total. The minimum Gasteiger partial charge on any atom is -0.392 e. The minimum absolute atomic E-state index is 0.346. The Labute approximate surface area is 123 Å². The fraction of sp³-hybridized carbons (Fsp3) is 0.312. The van der Waals surface area contributed by atoms with Crippen LogP contribution in [0.15, 0.2) is 36.5 Å². The maximum atomic E-state index is 12.9. The molecule has 4 heteroatoms. The molecule has 2 aromatic rings. The maximum Gasteiger partial charge on any atom is 0.124 e. The third-order valence-electron chi connectivity index (χ3n) is 3.21. The second-order valence-corrected chi connectivity index (χ2v) is 5.22. The van der Waals surface area contributed by atoms with E-state index in [0.29, 0.717) is 17.9 Å². The van der Waals surface area contributed by atoms with Crippen molar-refractivity contribution < 1.29 is 9.50 Å². The van der Waals surface area contributed by atoms with Gasteiger partial charge in [0.05, 0.1) is 6.10 Å². The fourth-order valence-corrected chi connectivity index (χ4v) is 2.28. The number of aromatic nitrogens is 1. The van der Waals surface area contributed by atoms with Crippen LogP contribution in [0.25, 0.3) is 0 Å².